The number of carboxylic acid groups (broad SMARTS) is 1. The first kappa shape index (κ1) is 19.1. The summed E-state index contributed by atoms with van der Waals surface area (Å²) in [6, 6.07) is -2.08. The molecule has 7 nitrogen and oxygen atoms in total. The summed E-state index contributed by atoms with van der Waals surface area (Å²) in [5.41, 5.74) is 2.31. The van der Waals surface area contributed by atoms with E-state index in [1.807, 2.05) is 0 Å². The van der Waals surface area contributed by atoms with Gasteiger partial charge in [0.15, 0.2) is 0 Å². The molecule has 0 bridgehead atoms. The van der Waals surface area contributed by atoms with E-state index in [9.17, 15) is 18.0 Å². The molecule has 1 unspecified atom stereocenters. The third-order valence-electron chi connectivity index (χ3n) is 3.19. The van der Waals surface area contributed by atoms with E-state index in [4.69, 9.17) is 5.11 Å². The topological polar surface area (TPSA) is 88.7 Å². The number of hydrazine groups is 1. The van der Waals surface area contributed by atoms with Crippen LogP contribution in [0.4, 0.5) is 13.2 Å². The molecule has 22 heavy (non-hydrogen) atoms. The van der Waals surface area contributed by atoms with E-state index >= 15 is 0 Å². The Balaban J connectivity index is 2.56. The highest BCUT2D eigenvalue weighted by Crippen LogP contribution is 2.22. The highest BCUT2D eigenvalue weighted by atomic mass is 19.4. The maximum Gasteiger partial charge on any atom is 0.405 e. The fourth-order valence-electron chi connectivity index (χ4n) is 2.03. The third kappa shape index (κ3) is 8.49. The van der Waals surface area contributed by atoms with Crippen molar-refractivity contribution in [3.05, 3.63) is 0 Å². The standard InChI is InChI=1S/C12H24F3N5O2/c13-12(14,15)10(9-11(21)22)19-20-7-5-17-3-1-16-2-4-18-6-8-20/h10,16-19H,1-9H2,(H,21,22). The maximum absolute atomic E-state index is 12.9. The van der Waals surface area contributed by atoms with Gasteiger partial charge >= 0.3 is 12.1 Å². The fraction of sp³-hybridized carbons (Fsp3) is 0.917. The molecule has 1 atom stereocenters. The van der Waals surface area contributed by atoms with Crippen molar-refractivity contribution < 1.29 is 23.1 Å². The maximum atomic E-state index is 12.9. The second kappa shape index (κ2) is 9.95. The molecule has 10 heteroatoms. The van der Waals surface area contributed by atoms with Gasteiger partial charge in [0.1, 0.15) is 6.04 Å². The fourth-order valence-corrected chi connectivity index (χ4v) is 2.03. The molecule has 0 saturated carbocycles. The molecule has 0 aromatic heterocycles. The van der Waals surface area contributed by atoms with Gasteiger partial charge in [-0.05, 0) is 0 Å². The number of carboxylic acids is 1. The molecule has 1 aliphatic rings. The average Bonchev–Trinajstić information content (AvgIpc) is 2.39. The molecule has 0 radical (unpaired) electrons. The molecule has 5 N–H and O–H groups in total. The summed E-state index contributed by atoms with van der Waals surface area (Å²) in [4.78, 5) is 10.6. The monoisotopic (exact) mass is 327 g/mol. The minimum atomic E-state index is -4.60. The molecule has 1 rings (SSSR count). The predicted octanol–water partition coefficient (Wildman–Crippen LogP) is -1.02. The van der Waals surface area contributed by atoms with Crippen molar-refractivity contribution >= 4 is 5.97 Å². The van der Waals surface area contributed by atoms with Gasteiger partial charge in [-0.3, -0.25) is 4.79 Å². The molecule has 1 aliphatic heterocycles. The van der Waals surface area contributed by atoms with Crippen LogP contribution in [0.1, 0.15) is 6.42 Å². The Bertz CT molecular complexity index is 318. The van der Waals surface area contributed by atoms with E-state index in [1.54, 1.807) is 0 Å². The number of halogens is 3. The predicted molar refractivity (Wildman–Crippen MR) is 75.4 cm³/mol. The average molecular weight is 327 g/mol. The van der Waals surface area contributed by atoms with Crippen LogP contribution in [0.15, 0.2) is 0 Å². The Labute approximate surface area is 127 Å². The minimum absolute atomic E-state index is 0.355. The van der Waals surface area contributed by atoms with Crippen molar-refractivity contribution in [1.82, 2.24) is 26.4 Å². The molecular formula is C12H24F3N5O2. The summed E-state index contributed by atoms with van der Waals surface area (Å²) in [5, 5.41) is 19.5. The summed E-state index contributed by atoms with van der Waals surface area (Å²) < 4.78 is 38.7. The molecule has 0 aromatic rings. The molecule has 0 aromatic carbocycles. The molecule has 0 aliphatic carbocycles. The summed E-state index contributed by atoms with van der Waals surface area (Å²) >= 11 is 0. The molecule has 130 valence electrons. The second-order valence-corrected chi connectivity index (χ2v) is 5.06. The van der Waals surface area contributed by atoms with Crippen LogP contribution < -0.4 is 21.4 Å². The molecule has 1 saturated heterocycles. The Morgan fingerprint density at radius 3 is 1.91 bits per heavy atom. The van der Waals surface area contributed by atoms with Crippen LogP contribution in [0.3, 0.4) is 0 Å². The van der Waals surface area contributed by atoms with Crippen molar-refractivity contribution in [3.8, 4) is 0 Å². The van der Waals surface area contributed by atoms with E-state index < -0.39 is 24.6 Å². The zero-order valence-electron chi connectivity index (χ0n) is 12.4. The first-order chi connectivity index (χ1) is 10.4. The summed E-state index contributed by atoms with van der Waals surface area (Å²) in [6.45, 7) is 4.79. The van der Waals surface area contributed by atoms with E-state index in [2.05, 4.69) is 21.4 Å². The number of aliphatic carboxylic acids is 1. The summed E-state index contributed by atoms with van der Waals surface area (Å²) in [7, 11) is 0. The number of hydrogen-bond donors (Lipinski definition) is 5. The largest absolute Gasteiger partial charge is 0.481 e. The summed E-state index contributed by atoms with van der Waals surface area (Å²) in [6.07, 6.45) is -5.60. The van der Waals surface area contributed by atoms with Crippen molar-refractivity contribution in [2.45, 2.75) is 18.6 Å². The van der Waals surface area contributed by atoms with Crippen LogP contribution in [0, 0.1) is 0 Å². The number of alkyl halides is 3. The molecule has 0 spiro atoms. The highest BCUT2D eigenvalue weighted by Gasteiger charge is 2.41. The SMILES string of the molecule is O=C(O)CC(NN1CCNCCNCCNCC1)C(F)(F)F. The lowest BCUT2D eigenvalue weighted by Crippen LogP contribution is -2.55. The van der Waals surface area contributed by atoms with Crippen molar-refractivity contribution in [3.63, 3.8) is 0 Å². The van der Waals surface area contributed by atoms with E-state index in [0.29, 0.717) is 26.2 Å². The molecule has 1 heterocycles. The summed E-state index contributed by atoms with van der Waals surface area (Å²) in [5.74, 6) is -1.48. The normalized spacial score (nSPS) is 21.6. The Morgan fingerprint density at radius 2 is 1.50 bits per heavy atom. The lowest BCUT2D eigenvalue weighted by molar-refractivity contribution is -0.176. The van der Waals surface area contributed by atoms with Crippen molar-refractivity contribution in [1.29, 1.82) is 0 Å². The van der Waals surface area contributed by atoms with Crippen LogP contribution in [0.25, 0.3) is 0 Å². The van der Waals surface area contributed by atoms with E-state index in [0.717, 1.165) is 26.2 Å². The van der Waals surface area contributed by atoms with Crippen molar-refractivity contribution in [2.24, 2.45) is 0 Å². The van der Waals surface area contributed by atoms with Crippen LogP contribution in [0.2, 0.25) is 0 Å². The zero-order chi connectivity index (χ0) is 16.4. The van der Waals surface area contributed by atoms with E-state index in [-0.39, 0.29) is 0 Å². The van der Waals surface area contributed by atoms with E-state index in [1.165, 1.54) is 5.01 Å². The lowest BCUT2D eigenvalue weighted by atomic mass is 10.2. The quantitative estimate of drug-likeness (QED) is 0.452. The minimum Gasteiger partial charge on any atom is -0.481 e. The Kier molecular flexibility index (Phi) is 8.64. The second-order valence-electron chi connectivity index (χ2n) is 5.06. The zero-order valence-corrected chi connectivity index (χ0v) is 12.4. The highest BCUT2D eigenvalue weighted by molar-refractivity contribution is 5.67. The molecule has 0 amide bonds. The lowest BCUT2D eigenvalue weighted by Gasteiger charge is -2.30. The number of hydrogen-bond acceptors (Lipinski definition) is 6. The number of rotatable bonds is 4. The number of nitrogens with zero attached hydrogens (tertiary/aromatic N) is 1. The first-order valence-electron chi connectivity index (χ1n) is 7.31. The number of nitrogens with one attached hydrogen (secondary N) is 4. The van der Waals surface area contributed by atoms with Gasteiger partial charge in [-0.2, -0.15) is 13.2 Å². The third-order valence-corrected chi connectivity index (χ3v) is 3.19. The molecule has 1 fully saturated rings. The van der Waals surface area contributed by atoms with Crippen LogP contribution >= 0.6 is 0 Å². The van der Waals surface area contributed by atoms with Gasteiger partial charge in [0, 0.05) is 52.4 Å². The molecular weight excluding hydrogens is 303 g/mol. The Hall–Kier alpha value is -0.940. The van der Waals surface area contributed by atoms with Crippen LogP contribution in [-0.4, -0.2) is 80.7 Å². The van der Waals surface area contributed by atoms with Crippen LogP contribution in [0.5, 0.6) is 0 Å². The number of carbonyl (C=O) groups is 1. The van der Waals surface area contributed by atoms with Crippen molar-refractivity contribution in [2.75, 3.05) is 52.4 Å². The van der Waals surface area contributed by atoms with Crippen LogP contribution in [-0.2, 0) is 4.79 Å². The van der Waals surface area contributed by atoms with Gasteiger partial charge in [0.2, 0.25) is 0 Å². The van der Waals surface area contributed by atoms with Gasteiger partial charge in [-0.15, -0.1) is 0 Å². The first-order valence-corrected chi connectivity index (χ1v) is 7.31. The van der Waals surface area contributed by atoms with Gasteiger partial charge in [-0.1, -0.05) is 0 Å². The van der Waals surface area contributed by atoms with Gasteiger partial charge < -0.3 is 21.1 Å². The van der Waals surface area contributed by atoms with Gasteiger partial charge in [-0.25, -0.2) is 10.4 Å². The van der Waals surface area contributed by atoms with Gasteiger partial charge in [0.25, 0.3) is 0 Å². The Morgan fingerprint density at radius 1 is 1.05 bits per heavy atom. The van der Waals surface area contributed by atoms with Gasteiger partial charge in [0.05, 0.1) is 6.42 Å². The smallest absolute Gasteiger partial charge is 0.405 e.